The van der Waals surface area contributed by atoms with Crippen LogP contribution in [0, 0.1) is 0 Å². The van der Waals surface area contributed by atoms with E-state index in [0.717, 1.165) is 5.56 Å². The Morgan fingerprint density at radius 2 is 1.95 bits per heavy atom. The van der Waals surface area contributed by atoms with Crippen LogP contribution in [0.1, 0.15) is 18.9 Å². The Bertz CT molecular complexity index is 415. The zero-order chi connectivity index (χ0) is 13.7. The molecule has 4 heteroatoms. The third-order valence-corrected chi connectivity index (χ3v) is 3.94. The van der Waals surface area contributed by atoms with Crippen LogP contribution in [-0.4, -0.2) is 47.8 Å². The highest BCUT2D eigenvalue weighted by atomic mass is 16.5. The first-order valence-electron chi connectivity index (χ1n) is 6.79. The molecule has 4 nitrogen and oxygen atoms in total. The van der Waals surface area contributed by atoms with Gasteiger partial charge in [0.05, 0.1) is 13.2 Å². The van der Waals surface area contributed by atoms with Gasteiger partial charge in [0.15, 0.2) is 0 Å². The monoisotopic (exact) mass is 263 g/mol. The normalized spacial score (nSPS) is 19.8. The second-order valence-electron chi connectivity index (χ2n) is 4.95. The van der Waals surface area contributed by atoms with Crippen molar-refractivity contribution in [3.63, 3.8) is 0 Å². The molecule has 1 aliphatic heterocycles. The first kappa shape index (κ1) is 14.0. The van der Waals surface area contributed by atoms with Crippen LogP contribution in [0.2, 0.25) is 0 Å². The van der Waals surface area contributed by atoms with E-state index in [1.165, 1.54) is 0 Å². The summed E-state index contributed by atoms with van der Waals surface area (Å²) in [5, 5.41) is 9.75. The van der Waals surface area contributed by atoms with Gasteiger partial charge in [0.1, 0.15) is 5.54 Å². The minimum Gasteiger partial charge on any atom is -0.480 e. The summed E-state index contributed by atoms with van der Waals surface area (Å²) in [5.41, 5.74) is 0.253. The van der Waals surface area contributed by atoms with E-state index >= 15 is 0 Å². The van der Waals surface area contributed by atoms with Crippen LogP contribution in [0.25, 0.3) is 0 Å². The predicted molar refractivity (Wildman–Crippen MR) is 73.2 cm³/mol. The van der Waals surface area contributed by atoms with Crippen LogP contribution < -0.4 is 0 Å². The molecule has 0 saturated carbocycles. The van der Waals surface area contributed by atoms with Gasteiger partial charge >= 0.3 is 5.97 Å². The zero-order valence-corrected chi connectivity index (χ0v) is 11.3. The van der Waals surface area contributed by atoms with Gasteiger partial charge in [-0.05, 0) is 12.0 Å². The number of nitrogens with zero attached hydrogens (tertiary/aromatic N) is 1. The molecule has 0 bridgehead atoms. The Morgan fingerprint density at radius 3 is 2.47 bits per heavy atom. The summed E-state index contributed by atoms with van der Waals surface area (Å²) in [7, 11) is 0. The van der Waals surface area contributed by atoms with Crippen molar-refractivity contribution in [3.8, 4) is 0 Å². The average molecular weight is 263 g/mol. The SMILES string of the molecule is CCC(Cc1ccccc1)(C(=O)O)N1CCOCC1. The summed E-state index contributed by atoms with van der Waals surface area (Å²) in [6.07, 6.45) is 1.14. The molecule has 1 aliphatic rings. The summed E-state index contributed by atoms with van der Waals surface area (Å²) in [4.78, 5) is 13.9. The minimum atomic E-state index is -0.814. The van der Waals surface area contributed by atoms with E-state index in [1.54, 1.807) is 0 Å². The molecule has 1 unspecified atom stereocenters. The van der Waals surface area contributed by atoms with Gasteiger partial charge in [-0.1, -0.05) is 37.3 Å². The lowest BCUT2D eigenvalue weighted by atomic mass is 9.86. The van der Waals surface area contributed by atoms with Crippen molar-refractivity contribution >= 4 is 5.97 Å². The van der Waals surface area contributed by atoms with Crippen LogP contribution in [0.3, 0.4) is 0 Å². The molecule has 1 heterocycles. The maximum Gasteiger partial charge on any atom is 0.324 e. The number of rotatable bonds is 5. The molecule has 104 valence electrons. The molecule has 0 spiro atoms. The van der Waals surface area contributed by atoms with Crippen molar-refractivity contribution < 1.29 is 14.6 Å². The molecular formula is C15H21NO3. The van der Waals surface area contributed by atoms with Crippen LogP contribution in [-0.2, 0) is 16.0 Å². The number of ether oxygens (including phenoxy) is 1. The second kappa shape index (κ2) is 6.17. The van der Waals surface area contributed by atoms with Crippen LogP contribution in [0.4, 0.5) is 0 Å². The maximum absolute atomic E-state index is 11.9. The molecule has 0 aromatic heterocycles. The van der Waals surface area contributed by atoms with E-state index in [9.17, 15) is 9.90 Å². The molecule has 0 amide bonds. The largest absolute Gasteiger partial charge is 0.480 e. The Balaban J connectivity index is 2.25. The summed E-state index contributed by atoms with van der Waals surface area (Å²) in [5.74, 6) is -0.735. The third-order valence-electron chi connectivity index (χ3n) is 3.94. The van der Waals surface area contributed by atoms with Crippen molar-refractivity contribution in [2.45, 2.75) is 25.3 Å². The molecule has 1 aromatic rings. The fourth-order valence-electron chi connectivity index (χ4n) is 2.75. The van der Waals surface area contributed by atoms with Gasteiger partial charge in [-0.15, -0.1) is 0 Å². The van der Waals surface area contributed by atoms with Gasteiger partial charge < -0.3 is 9.84 Å². The standard InChI is InChI=1S/C15H21NO3/c1-2-15(14(17)18,16-8-10-19-11-9-16)12-13-6-4-3-5-7-13/h3-7H,2,8-12H2,1H3,(H,17,18). The van der Waals surface area contributed by atoms with Crippen LogP contribution in [0.5, 0.6) is 0 Å². The number of carbonyl (C=O) groups is 1. The van der Waals surface area contributed by atoms with Gasteiger partial charge in [0, 0.05) is 19.5 Å². The van der Waals surface area contributed by atoms with E-state index in [1.807, 2.05) is 37.3 Å². The number of hydrogen-bond acceptors (Lipinski definition) is 3. The summed E-state index contributed by atoms with van der Waals surface area (Å²) in [6.45, 7) is 4.56. The Kier molecular flexibility index (Phi) is 4.56. The van der Waals surface area contributed by atoms with Gasteiger partial charge in [0.2, 0.25) is 0 Å². The Morgan fingerprint density at radius 1 is 1.32 bits per heavy atom. The molecule has 1 saturated heterocycles. The average Bonchev–Trinajstić information content (AvgIpc) is 2.46. The second-order valence-corrected chi connectivity index (χ2v) is 4.95. The molecule has 1 aromatic carbocycles. The minimum absolute atomic E-state index is 0.541. The number of benzene rings is 1. The highest BCUT2D eigenvalue weighted by molar-refractivity contribution is 5.79. The summed E-state index contributed by atoms with van der Waals surface area (Å²) in [6, 6.07) is 9.85. The molecule has 19 heavy (non-hydrogen) atoms. The van der Waals surface area contributed by atoms with Crippen LogP contribution in [0.15, 0.2) is 30.3 Å². The lowest BCUT2D eigenvalue weighted by Crippen LogP contribution is -2.59. The molecule has 1 fully saturated rings. The molecule has 1 N–H and O–H groups in total. The van der Waals surface area contributed by atoms with Crippen molar-refractivity contribution in [2.75, 3.05) is 26.3 Å². The number of aliphatic carboxylic acids is 1. The van der Waals surface area contributed by atoms with Crippen LogP contribution >= 0.6 is 0 Å². The van der Waals surface area contributed by atoms with E-state index < -0.39 is 11.5 Å². The maximum atomic E-state index is 11.9. The van der Waals surface area contributed by atoms with Gasteiger partial charge in [-0.2, -0.15) is 0 Å². The predicted octanol–water partition coefficient (Wildman–Crippen LogP) is 1.79. The van der Waals surface area contributed by atoms with Gasteiger partial charge in [0.25, 0.3) is 0 Å². The summed E-state index contributed by atoms with van der Waals surface area (Å²) >= 11 is 0. The topological polar surface area (TPSA) is 49.8 Å². The quantitative estimate of drug-likeness (QED) is 0.880. The Hall–Kier alpha value is -1.39. The highest BCUT2D eigenvalue weighted by Gasteiger charge is 2.43. The van der Waals surface area contributed by atoms with Crippen molar-refractivity contribution in [1.82, 2.24) is 4.90 Å². The Labute approximate surface area is 114 Å². The molecule has 0 aliphatic carbocycles. The molecule has 2 rings (SSSR count). The fraction of sp³-hybridized carbons (Fsp3) is 0.533. The number of carboxylic acid groups (broad SMARTS) is 1. The van der Waals surface area contributed by atoms with Crippen molar-refractivity contribution in [2.24, 2.45) is 0 Å². The molecular weight excluding hydrogens is 242 g/mol. The lowest BCUT2D eigenvalue weighted by molar-refractivity contribution is -0.155. The fourth-order valence-corrected chi connectivity index (χ4v) is 2.75. The van der Waals surface area contributed by atoms with Crippen molar-refractivity contribution in [3.05, 3.63) is 35.9 Å². The first-order chi connectivity index (χ1) is 9.19. The zero-order valence-electron chi connectivity index (χ0n) is 11.3. The van der Waals surface area contributed by atoms with E-state index in [4.69, 9.17) is 4.74 Å². The smallest absolute Gasteiger partial charge is 0.324 e. The lowest BCUT2D eigenvalue weighted by Gasteiger charge is -2.42. The van der Waals surface area contributed by atoms with E-state index in [2.05, 4.69) is 4.90 Å². The van der Waals surface area contributed by atoms with Gasteiger partial charge in [-0.25, -0.2) is 0 Å². The number of hydrogen-bond donors (Lipinski definition) is 1. The van der Waals surface area contributed by atoms with E-state index in [-0.39, 0.29) is 0 Å². The first-order valence-corrected chi connectivity index (χ1v) is 6.79. The number of carboxylic acids is 1. The van der Waals surface area contributed by atoms with Crippen molar-refractivity contribution in [1.29, 1.82) is 0 Å². The molecule has 1 atom stereocenters. The van der Waals surface area contributed by atoms with E-state index in [0.29, 0.717) is 39.1 Å². The third kappa shape index (κ3) is 2.96. The van der Waals surface area contributed by atoms with Gasteiger partial charge in [-0.3, -0.25) is 9.69 Å². The number of morpholine rings is 1. The molecule has 0 radical (unpaired) electrons. The summed E-state index contributed by atoms with van der Waals surface area (Å²) < 4.78 is 5.33. The highest BCUT2D eigenvalue weighted by Crippen LogP contribution is 2.26.